The van der Waals surface area contributed by atoms with Gasteiger partial charge in [0, 0.05) is 16.5 Å². The topological polar surface area (TPSA) is 46.9 Å². The second-order valence-electron chi connectivity index (χ2n) is 5.73. The maximum Gasteiger partial charge on any atom is 0.256 e. The van der Waals surface area contributed by atoms with E-state index in [1.807, 2.05) is 72.3 Å². The summed E-state index contributed by atoms with van der Waals surface area (Å²) in [5, 5.41) is 7.46. The van der Waals surface area contributed by atoms with Gasteiger partial charge in [-0.25, -0.2) is 4.68 Å². The fourth-order valence-electron chi connectivity index (χ4n) is 2.58. The first kappa shape index (κ1) is 17.3. The normalized spacial score (nSPS) is 10.6. The average Bonchev–Trinajstić information content (AvgIpc) is 2.95. The van der Waals surface area contributed by atoms with Crippen LogP contribution in [0.5, 0.6) is 0 Å². The van der Waals surface area contributed by atoms with E-state index in [4.69, 9.17) is 0 Å². The van der Waals surface area contributed by atoms with Crippen molar-refractivity contribution in [2.24, 2.45) is 0 Å². The number of aryl methyl sites for hydroxylation is 1. The third-order valence-electron chi connectivity index (χ3n) is 3.75. The predicted octanol–water partition coefficient (Wildman–Crippen LogP) is 4.60. The number of rotatable bonds is 6. The Bertz CT molecular complexity index is 841. The molecule has 0 unspecified atom stereocenters. The van der Waals surface area contributed by atoms with Crippen molar-refractivity contribution in [1.29, 1.82) is 0 Å². The fourth-order valence-corrected chi connectivity index (χ4v) is 3.24. The van der Waals surface area contributed by atoms with E-state index in [1.165, 1.54) is 4.90 Å². The predicted molar refractivity (Wildman–Crippen MR) is 103 cm³/mol. The molecule has 0 aliphatic rings. The lowest BCUT2D eigenvalue weighted by Crippen LogP contribution is -2.16. The van der Waals surface area contributed by atoms with Gasteiger partial charge in [-0.05, 0) is 42.5 Å². The number of carbonyl (C=O) groups is 1. The number of anilines is 1. The van der Waals surface area contributed by atoms with Crippen molar-refractivity contribution < 1.29 is 4.79 Å². The van der Waals surface area contributed by atoms with Crippen molar-refractivity contribution in [1.82, 2.24) is 9.78 Å². The van der Waals surface area contributed by atoms with E-state index in [1.54, 1.807) is 11.8 Å². The van der Waals surface area contributed by atoms with Crippen LogP contribution in [0.15, 0.2) is 65.6 Å². The van der Waals surface area contributed by atoms with Gasteiger partial charge >= 0.3 is 0 Å². The molecule has 0 radical (unpaired) electrons. The van der Waals surface area contributed by atoms with Gasteiger partial charge in [0.25, 0.3) is 5.91 Å². The minimum Gasteiger partial charge on any atom is -0.307 e. The molecule has 2 aromatic carbocycles. The molecule has 0 spiro atoms. The SMILES string of the molecule is CCSc1ccc(C(=O)Nc2cc(C)nn2Cc2ccccc2)cc1. The average molecular weight is 351 g/mol. The van der Waals surface area contributed by atoms with E-state index >= 15 is 0 Å². The highest BCUT2D eigenvalue weighted by Crippen LogP contribution is 2.19. The van der Waals surface area contributed by atoms with Crippen LogP contribution in [0.2, 0.25) is 0 Å². The van der Waals surface area contributed by atoms with E-state index in [9.17, 15) is 4.79 Å². The molecule has 0 saturated carbocycles. The summed E-state index contributed by atoms with van der Waals surface area (Å²) in [5.74, 6) is 1.60. The highest BCUT2D eigenvalue weighted by Gasteiger charge is 2.11. The summed E-state index contributed by atoms with van der Waals surface area (Å²) in [6.07, 6.45) is 0. The molecule has 4 nitrogen and oxygen atoms in total. The van der Waals surface area contributed by atoms with Gasteiger partial charge in [0.05, 0.1) is 12.2 Å². The molecule has 128 valence electrons. The van der Waals surface area contributed by atoms with Gasteiger partial charge in [0.1, 0.15) is 5.82 Å². The lowest BCUT2D eigenvalue weighted by Gasteiger charge is -2.09. The Hall–Kier alpha value is -2.53. The van der Waals surface area contributed by atoms with E-state index < -0.39 is 0 Å². The standard InChI is InChI=1S/C20H21N3OS/c1-3-25-18-11-9-17(10-12-18)20(24)21-19-13-15(2)22-23(19)14-16-7-5-4-6-8-16/h4-13H,3,14H2,1-2H3,(H,21,24). The van der Waals surface area contributed by atoms with Gasteiger partial charge < -0.3 is 5.32 Å². The Kier molecular flexibility index (Phi) is 5.56. The molecule has 25 heavy (non-hydrogen) atoms. The molecule has 5 heteroatoms. The van der Waals surface area contributed by atoms with E-state index in [0.717, 1.165) is 17.0 Å². The molecule has 1 N–H and O–H groups in total. The second-order valence-corrected chi connectivity index (χ2v) is 7.06. The van der Waals surface area contributed by atoms with Crippen LogP contribution >= 0.6 is 11.8 Å². The van der Waals surface area contributed by atoms with Crippen LogP contribution in [0, 0.1) is 6.92 Å². The van der Waals surface area contributed by atoms with Crippen LogP contribution in [0.1, 0.15) is 28.5 Å². The Morgan fingerprint density at radius 1 is 1.12 bits per heavy atom. The second kappa shape index (κ2) is 8.03. The van der Waals surface area contributed by atoms with Crippen LogP contribution < -0.4 is 5.32 Å². The van der Waals surface area contributed by atoms with Crippen molar-refractivity contribution >= 4 is 23.5 Å². The highest BCUT2D eigenvalue weighted by atomic mass is 32.2. The molecule has 3 aromatic rings. The van der Waals surface area contributed by atoms with Gasteiger partial charge in [0.2, 0.25) is 0 Å². The van der Waals surface area contributed by atoms with Gasteiger partial charge in [-0.1, -0.05) is 37.3 Å². The molecular formula is C20H21N3OS. The summed E-state index contributed by atoms with van der Waals surface area (Å²) in [7, 11) is 0. The van der Waals surface area contributed by atoms with Gasteiger partial charge in [0.15, 0.2) is 0 Å². The molecule has 0 fully saturated rings. The quantitative estimate of drug-likeness (QED) is 0.660. The largest absolute Gasteiger partial charge is 0.307 e. The molecule has 1 amide bonds. The van der Waals surface area contributed by atoms with Crippen LogP contribution in [0.3, 0.4) is 0 Å². The van der Waals surface area contributed by atoms with Crippen molar-refractivity contribution in [3.63, 3.8) is 0 Å². The molecule has 1 heterocycles. The molecular weight excluding hydrogens is 330 g/mol. The lowest BCUT2D eigenvalue weighted by atomic mass is 10.2. The zero-order valence-electron chi connectivity index (χ0n) is 14.4. The summed E-state index contributed by atoms with van der Waals surface area (Å²) in [4.78, 5) is 13.7. The number of aromatic nitrogens is 2. The lowest BCUT2D eigenvalue weighted by molar-refractivity contribution is 0.102. The number of carbonyl (C=O) groups excluding carboxylic acids is 1. The first-order valence-electron chi connectivity index (χ1n) is 8.28. The summed E-state index contributed by atoms with van der Waals surface area (Å²) in [6.45, 7) is 4.66. The monoisotopic (exact) mass is 351 g/mol. The minimum atomic E-state index is -0.123. The van der Waals surface area contributed by atoms with Crippen LogP contribution in [-0.4, -0.2) is 21.4 Å². The molecule has 0 atom stereocenters. The van der Waals surface area contributed by atoms with Gasteiger partial charge in [-0.2, -0.15) is 5.10 Å². The number of thioether (sulfide) groups is 1. The van der Waals surface area contributed by atoms with E-state index in [2.05, 4.69) is 17.3 Å². The summed E-state index contributed by atoms with van der Waals surface area (Å²) in [6, 6.07) is 19.7. The number of nitrogens with zero attached hydrogens (tertiary/aromatic N) is 2. The molecule has 0 bridgehead atoms. The van der Waals surface area contributed by atoms with Crippen LogP contribution in [-0.2, 0) is 6.54 Å². The molecule has 1 aromatic heterocycles. The number of nitrogens with one attached hydrogen (secondary N) is 1. The smallest absolute Gasteiger partial charge is 0.256 e. The van der Waals surface area contributed by atoms with E-state index in [-0.39, 0.29) is 5.91 Å². The zero-order chi connectivity index (χ0) is 17.6. The first-order valence-corrected chi connectivity index (χ1v) is 9.27. The Balaban J connectivity index is 1.75. The number of hydrogen-bond acceptors (Lipinski definition) is 3. The molecule has 0 saturated heterocycles. The van der Waals surface area contributed by atoms with Gasteiger partial charge in [-0.15, -0.1) is 11.8 Å². The third kappa shape index (κ3) is 4.51. The summed E-state index contributed by atoms with van der Waals surface area (Å²) in [5.41, 5.74) is 2.66. The number of hydrogen-bond donors (Lipinski definition) is 1. The Morgan fingerprint density at radius 3 is 2.52 bits per heavy atom. The van der Waals surface area contributed by atoms with Crippen LogP contribution in [0.4, 0.5) is 5.82 Å². The minimum absolute atomic E-state index is 0.123. The Labute approximate surface area is 152 Å². The van der Waals surface area contributed by atoms with Crippen molar-refractivity contribution in [2.75, 3.05) is 11.1 Å². The Morgan fingerprint density at radius 2 is 1.84 bits per heavy atom. The maximum absolute atomic E-state index is 12.5. The summed E-state index contributed by atoms with van der Waals surface area (Å²) < 4.78 is 1.82. The third-order valence-corrected chi connectivity index (χ3v) is 4.64. The number of amides is 1. The highest BCUT2D eigenvalue weighted by molar-refractivity contribution is 7.99. The van der Waals surface area contributed by atoms with E-state index in [0.29, 0.717) is 17.9 Å². The zero-order valence-corrected chi connectivity index (χ0v) is 15.2. The first-order chi connectivity index (χ1) is 12.2. The molecule has 3 rings (SSSR count). The van der Waals surface area contributed by atoms with Crippen molar-refractivity contribution in [3.05, 3.63) is 77.5 Å². The maximum atomic E-state index is 12.5. The van der Waals surface area contributed by atoms with Crippen molar-refractivity contribution in [3.8, 4) is 0 Å². The van der Waals surface area contributed by atoms with Gasteiger partial charge in [-0.3, -0.25) is 4.79 Å². The summed E-state index contributed by atoms with van der Waals surface area (Å²) >= 11 is 1.76. The number of benzene rings is 2. The van der Waals surface area contributed by atoms with Crippen molar-refractivity contribution in [2.45, 2.75) is 25.3 Å². The molecule has 0 aliphatic carbocycles. The van der Waals surface area contributed by atoms with Crippen LogP contribution in [0.25, 0.3) is 0 Å². The molecule has 0 aliphatic heterocycles. The fraction of sp³-hybridized carbons (Fsp3) is 0.200.